The molecular formula is C18H13ClF6N2O. The maximum Gasteiger partial charge on any atom is 0.417 e. The standard InChI is InChI=1S/C18H13ClF6N2O/c19-14-10-2-1-5-17(11(10)3-4-12(14)20)8-27-7-9(18(23,24)25)6-13(15(27)26-17)28-16(21)22/h3-4,6-7,16H,1-2,5,8H2/t17-/m1/s1. The molecule has 0 saturated carbocycles. The number of alkyl halides is 5. The molecule has 2 aliphatic heterocycles. The maximum absolute atomic E-state index is 13.8. The minimum atomic E-state index is -4.74. The zero-order valence-corrected chi connectivity index (χ0v) is 14.9. The van der Waals surface area contributed by atoms with Gasteiger partial charge in [0.15, 0.2) is 11.6 Å². The molecule has 0 unspecified atom stereocenters. The molecule has 1 aromatic rings. The molecule has 1 aliphatic carbocycles. The van der Waals surface area contributed by atoms with Crippen LogP contribution in [-0.4, -0.2) is 30.1 Å². The van der Waals surface area contributed by atoms with Crippen LogP contribution in [0.25, 0.3) is 0 Å². The summed E-state index contributed by atoms with van der Waals surface area (Å²) >= 11 is 6.07. The van der Waals surface area contributed by atoms with Crippen molar-refractivity contribution in [1.82, 2.24) is 4.90 Å². The van der Waals surface area contributed by atoms with Gasteiger partial charge >= 0.3 is 12.8 Å². The van der Waals surface area contributed by atoms with Crippen molar-refractivity contribution in [2.24, 2.45) is 4.99 Å². The molecule has 2 heterocycles. The number of hydrogen-bond donors (Lipinski definition) is 0. The Morgan fingerprint density at radius 3 is 2.68 bits per heavy atom. The Kier molecular flexibility index (Phi) is 4.41. The van der Waals surface area contributed by atoms with E-state index in [4.69, 9.17) is 11.6 Å². The van der Waals surface area contributed by atoms with E-state index in [2.05, 4.69) is 9.73 Å². The lowest BCUT2D eigenvalue weighted by Crippen LogP contribution is -2.36. The lowest BCUT2D eigenvalue weighted by atomic mass is 9.77. The van der Waals surface area contributed by atoms with E-state index in [1.165, 1.54) is 12.1 Å². The Morgan fingerprint density at radius 2 is 2.00 bits per heavy atom. The Morgan fingerprint density at radius 1 is 1.25 bits per heavy atom. The molecule has 3 nitrogen and oxygen atoms in total. The van der Waals surface area contributed by atoms with Crippen LogP contribution in [-0.2, 0) is 16.7 Å². The van der Waals surface area contributed by atoms with E-state index in [1.807, 2.05) is 0 Å². The molecule has 3 aliphatic rings. The highest BCUT2D eigenvalue weighted by atomic mass is 35.5. The SMILES string of the molecule is Fc1ccc2c(c1Cl)CCC[C@@]21CN2C=C(C(F)(F)F)C=C(OC(F)F)C2=N1. The summed E-state index contributed by atoms with van der Waals surface area (Å²) in [7, 11) is 0. The van der Waals surface area contributed by atoms with E-state index >= 15 is 0 Å². The van der Waals surface area contributed by atoms with Crippen LogP contribution in [0.4, 0.5) is 26.3 Å². The van der Waals surface area contributed by atoms with Crippen molar-refractivity contribution < 1.29 is 31.1 Å². The number of allylic oxidation sites excluding steroid dienone is 2. The Bertz CT molecular complexity index is 923. The number of ether oxygens (including phenoxy) is 1. The first-order valence-electron chi connectivity index (χ1n) is 8.40. The zero-order chi connectivity index (χ0) is 20.3. The molecule has 0 fully saturated rings. The number of rotatable bonds is 2. The van der Waals surface area contributed by atoms with E-state index in [9.17, 15) is 26.3 Å². The van der Waals surface area contributed by atoms with Gasteiger partial charge in [-0.2, -0.15) is 22.0 Å². The van der Waals surface area contributed by atoms with Crippen molar-refractivity contribution in [3.05, 3.63) is 57.7 Å². The van der Waals surface area contributed by atoms with Crippen molar-refractivity contribution in [3.63, 3.8) is 0 Å². The number of fused-ring (bicyclic) bond motifs is 3. The molecule has 1 spiro atoms. The molecule has 0 aromatic heterocycles. The van der Waals surface area contributed by atoms with E-state index < -0.39 is 35.5 Å². The van der Waals surface area contributed by atoms with Crippen molar-refractivity contribution in [1.29, 1.82) is 0 Å². The Labute approximate surface area is 160 Å². The molecule has 1 aromatic carbocycles. The maximum atomic E-state index is 13.8. The molecule has 4 rings (SSSR count). The normalized spacial score (nSPS) is 24.0. The molecule has 28 heavy (non-hydrogen) atoms. The third-order valence-corrected chi connectivity index (χ3v) is 5.49. The van der Waals surface area contributed by atoms with Gasteiger partial charge in [0.1, 0.15) is 11.4 Å². The molecule has 0 amide bonds. The summed E-state index contributed by atoms with van der Waals surface area (Å²) in [6.45, 7) is -3.32. The highest BCUT2D eigenvalue weighted by Crippen LogP contribution is 2.47. The average Bonchev–Trinajstić information content (AvgIpc) is 2.96. The molecule has 150 valence electrons. The molecule has 0 N–H and O–H groups in total. The summed E-state index contributed by atoms with van der Waals surface area (Å²) in [6.07, 6.45) is -1.87. The number of hydrogen-bond acceptors (Lipinski definition) is 3. The Hall–Kier alpha value is -2.16. The van der Waals surface area contributed by atoms with Gasteiger partial charge in [0, 0.05) is 6.20 Å². The predicted molar refractivity (Wildman–Crippen MR) is 89.5 cm³/mol. The zero-order valence-electron chi connectivity index (χ0n) is 14.2. The fourth-order valence-electron chi connectivity index (χ4n) is 3.96. The fourth-order valence-corrected chi connectivity index (χ4v) is 4.22. The summed E-state index contributed by atoms with van der Waals surface area (Å²) in [5.74, 6) is -1.36. The minimum absolute atomic E-state index is 0.0131. The minimum Gasteiger partial charge on any atom is -0.431 e. The third-order valence-electron chi connectivity index (χ3n) is 5.08. The van der Waals surface area contributed by atoms with Gasteiger partial charge in [-0.05, 0) is 42.5 Å². The van der Waals surface area contributed by atoms with Crippen LogP contribution in [0.1, 0.15) is 24.0 Å². The lowest BCUT2D eigenvalue weighted by Gasteiger charge is -2.34. The van der Waals surface area contributed by atoms with Crippen molar-refractivity contribution in [2.45, 2.75) is 37.6 Å². The van der Waals surface area contributed by atoms with Crippen LogP contribution in [0.3, 0.4) is 0 Å². The molecule has 0 radical (unpaired) electrons. The van der Waals surface area contributed by atoms with Crippen molar-refractivity contribution >= 4 is 17.4 Å². The molecule has 0 saturated heterocycles. The second kappa shape index (κ2) is 6.43. The van der Waals surface area contributed by atoms with Crippen LogP contribution >= 0.6 is 11.6 Å². The van der Waals surface area contributed by atoms with E-state index in [0.29, 0.717) is 36.5 Å². The van der Waals surface area contributed by atoms with Crippen LogP contribution in [0.5, 0.6) is 0 Å². The number of halogens is 7. The van der Waals surface area contributed by atoms with Gasteiger partial charge in [0.25, 0.3) is 0 Å². The number of benzene rings is 1. The summed E-state index contributed by atoms with van der Waals surface area (Å²) in [6, 6.07) is 2.68. The van der Waals surface area contributed by atoms with Gasteiger partial charge in [-0.25, -0.2) is 4.39 Å². The van der Waals surface area contributed by atoms with Crippen LogP contribution in [0, 0.1) is 5.82 Å². The summed E-state index contributed by atoms with van der Waals surface area (Å²) in [5, 5.41) is -0.0484. The Balaban J connectivity index is 1.82. The van der Waals surface area contributed by atoms with Gasteiger partial charge in [0.2, 0.25) is 0 Å². The van der Waals surface area contributed by atoms with Crippen LogP contribution < -0.4 is 0 Å². The van der Waals surface area contributed by atoms with E-state index in [-0.39, 0.29) is 17.4 Å². The lowest BCUT2D eigenvalue weighted by molar-refractivity contribution is -0.0981. The monoisotopic (exact) mass is 422 g/mol. The van der Waals surface area contributed by atoms with Gasteiger partial charge in [-0.3, -0.25) is 4.99 Å². The van der Waals surface area contributed by atoms with Gasteiger partial charge < -0.3 is 9.64 Å². The van der Waals surface area contributed by atoms with Gasteiger partial charge in [0.05, 0.1) is 17.1 Å². The van der Waals surface area contributed by atoms with Gasteiger partial charge in [-0.1, -0.05) is 17.7 Å². The average molecular weight is 423 g/mol. The first kappa shape index (κ1) is 19.2. The quantitative estimate of drug-likeness (QED) is 0.604. The van der Waals surface area contributed by atoms with Gasteiger partial charge in [-0.15, -0.1) is 0 Å². The first-order chi connectivity index (χ1) is 13.1. The number of aliphatic imine (C=N–C) groups is 1. The predicted octanol–water partition coefficient (Wildman–Crippen LogP) is 5.31. The highest BCUT2D eigenvalue weighted by Gasteiger charge is 2.48. The number of amidine groups is 1. The van der Waals surface area contributed by atoms with Crippen LogP contribution in [0.2, 0.25) is 5.02 Å². The summed E-state index contributed by atoms with van der Waals surface area (Å²) < 4.78 is 83.3. The topological polar surface area (TPSA) is 24.8 Å². The molecule has 10 heteroatoms. The molecular weight excluding hydrogens is 410 g/mol. The molecule has 1 atom stereocenters. The fraction of sp³-hybridized carbons (Fsp3) is 0.389. The largest absolute Gasteiger partial charge is 0.431 e. The third kappa shape index (κ3) is 3.05. The number of nitrogens with zero attached hydrogens (tertiary/aromatic N) is 2. The second-order valence-electron chi connectivity index (χ2n) is 6.81. The smallest absolute Gasteiger partial charge is 0.417 e. The molecule has 0 bridgehead atoms. The van der Waals surface area contributed by atoms with E-state index in [1.54, 1.807) is 0 Å². The van der Waals surface area contributed by atoms with E-state index in [0.717, 1.165) is 11.1 Å². The van der Waals surface area contributed by atoms with Crippen LogP contribution in [0.15, 0.2) is 40.7 Å². The summed E-state index contributed by atoms with van der Waals surface area (Å²) in [4.78, 5) is 5.65. The highest BCUT2D eigenvalue weighted by molar-refractivity contribution is 6.31. The van der Waals surface area contributed by atoms with Crippen molar-refractivity contribution in [2.75, 3.05) is 6.54 Å². The van der Waals surface area contributed by atoms with Crippen molar-refractivity contribution in [3.8, 4) is 0 Å². The summed E-state index contributed by atoms with van der Waals surface area (Å²) in [5.41, 5.74) is -1.00. The first-order valence-corrected chi connectivity index (χ1v) is 8.78. The second-order valence-corrected chi connectivity index (χ2v) is 7.18.